The number of benzene rings is 1. The molecule has 0 bridgehead atoms. The van der Waals surface area contributed by atoms with E-state index in [-0.39, 0.29) is 23.4 Å². The van der Waals surface area contributed by atoms with Gasteiger partial charge in [0.1, 0.15) is 12.1 Å². The molecule has 142 valence electrons. The number of halogens is 1. The average molecular weight is 378 g/mol. The number of rotatable bonds is 4. The lowest BCUT2D eigenvalue weighted by Crippen LogP contribution is -2.42. The van der Waals surface area contributed by atoms with Gasteiger partial charge in [-0.2, -0.15) is 0 Å². The molecule has 1 saturated heterocycles. The van der Waals surface area contributed by atoms with Crippen LogP contribution in [0.15, 0.2) is 24.3 Å². The van der Waals surface area contributed by atoms with E-state index in [9.17, 15) is 9.59 Å². The molecule has 1 saturated carbocycles. The number of hydrogen-bond donors (Lipinski definition) is 0. The molecular formula is C21H28ClNO3. The first kappa shape index (κ1) is 19.2. The zero-order valence-corrected chi connectivity index (χ0v) is 16.6. The molecule has 0 N–H and O–H groups in total. The summed E-state index contributed by atoms with van der Waals surface area (Å²) in [6, 6.07) is 6.91. The Bertz CT molecular complexity index is 670. The molecule has 0 aromatic heterocycles. The Labute approximate surface area is 160 Å². The van der Waals surface area contributed by atoms with Gasteiger partial charge in [0, 0.05) is 18.0 Å². The van der Waals surface area contributed by atoms with Crippen LogP contribution in [0, 0.1) is 11.3 Å². The summed E-state index contributed by atoms with van der Waals surface area (Å²) in [5.74, 6) is 0.311. The van der Waals surface area contributed by atoms with Crippen molar-refractivity contribution in [3.63, 3.8) is 0 Å². The van der Waals surface area contributed by atoms with E-state index in [2.05, 4.69) is 20.8 Å². The second kappa shape index (κ2) is 7.59. The molecule has 1 aromatic carbocycles. The summed E-state index contributed by atoms with van der Waals surface area (Å²) < 4.78 is 5.86. The lowest BCUT2D eigenvalue weighted by molar-refractivity contribution is -0.161. The molecule has 2 fully saturated rings. The van der Waals surface area contributed by atoms with Gasteiger partial charge in [-0.15, -0.1) is 0 Å². The normalized spacial score (nSPS) is 28.2. The maximum absolute atomic E-state index is 12.8. The number of likely N-dealkylation sites (tertiary alicyclic amines) is 1. The van der Waals surface area contributed by atoms with Crippen molar-refractivity contribution < 1.29 is 14.3 Å². The molecule has 0 spiro atoms. The highest BCUT2D eigenvalue weighted by atomic mass is 35.5. The first-order valence-electron chi connectivity index (χ1n) is 9.48. The number of esters is 1. The van der Waals surface area contributed by atoms with Gasteiger partial charge in [-0.3, -0.25) is 4.79 Å². The summed E-state index contributed by atoms with van der Waals surface area (Å²) in [6.45, 7) is 7.10. The summed E-state index contributed by atoms with van der Waals surface area (Å²) in [4.78, 5) is 26.7. The second-order valence-corrected chi connectivity index (χ2v) is 9.11. The van der Waals surface area contributed by atoms with Crippen molar-refractivity contribution in [3.8, 4) is 0 Å². The Balaban J connectivity index is 1.65. The van der Waals surface area contributed by atoms with Gasteiger partial charge in [-0.1, -0.05) is 44.5 Å². The standard InChI is InChI=1S/C21H28ClNO3/c1-14-10-17(12-21(2,3)11-14)26-20(25)18-8-9-19(24)23(18)13-15-4-6-16(22)7-5-15/h4-7,14,17-18H,8-13H2,1-3H3. The number of carbonyl (C=O) groups is 2. The minimum atomic E-state index is -0.474. The van der Waals surface area contributed by atoms with Crippen LogP contribution >= 0.6 is 11.6 Å². The van der Waals surface area contributed by atoms with Gasteiger partial charge < -0.3 is 9.64 Å². The van der Waals surface area contributed by atoms with Gasteiger partial charge in [-0.05, 0) is 54.7 Å². The summed E-state index contributed by atoms with van der Waals surface area (Å²) in [7, 11) is 0. The van der Waals surface area contributed by atoms with Crippen LogP contribution in [0.2, 0.25) is 5.02 Å². The highest BCUT2D eigenvalue weighted by Gasteiger charge is 2.40. The van der Waals surface area contributed by atoms with Crippen molar-refractivity contribution in [1.82, 2.24) is 4.90 Å². The SMILES string of the molecule is CC1CC(OC(=O)C2CCC(=O)N2Cc2ccc(Cl)cc2)CC(C)(C)C1. The van der Waals surface area contributed by atoms with Crippen LogP contribution < -0.4 is 0 Å². The van der Waals surface area contributed by atoms with Gasteiger partial charge >= 0.3 is 5.97 Å². The lowest BCUT2D eigenvalue weighted by atomic mass is 9.71. The molecule has 3 atom stereocenters. The van der Waals surface area contributed by atoms with Crippen molar-refractivity contribution in [2.24, 2.45) is 11.3 Å². The predicted molar refractivity (Wildman–Crippen MR) is 102 cm³/mol. The molecule has 4 nitrogen and oxygen atoms in total. The first-order valence-corrected chi connectivity index (χ1v) is 9.86. The molecule has 1 aliphatic heterocycles. The fraction of sp³-hybridized carbons (Fsp3) is 0.619. The highest BCUT2D eigenvalue weighted by molar-refractivity contribution is 6.30. The average Bonchev–Trinajstić information content (AvgIpc) is 2.88. The van der Waals surface area contributed by atoms with Crippen LogP contribution in [0.5, 0.6) is 0 Å². The maximum Gasteiger partial charge on any atom is 0.329 e. The van der Waals surface area contributed by atoms with E-state index in [0.29, 0.717) is 30.3 Å². The van der Waals surface area contributed by atoms with Crippen molar-refractivity contribution in [1.29, 1.82) is 0 Å². The Morgan fingerprint density at radius 1 is 1.27 bits per heavy atom. The van der Waals surface area contributed by atoms with Gasteiger partial charge in [0.15, 0.2) is 0 Å². The number of amides is 1. The maximum atomic E-state index is 12.8. The fourth-order valence-electron chi connectivity index (χ4n) is 4.55. The van der Waals surface area contributed by atoms with E-state index >= 15 is 0 Å². The van der Waals surface area contributed by atoms with Crippen molar-refractivity contribution in [2.45, 2.75) is 71.6 Å². The lowest BCUT2D eigenvalue weighted by Gasteiger charge is -2.39. The van der Waals surface area contributed by atoms with Crippen LogP contribution in [0.4, 0.5) is 0 Å². The molecule has 1 amide bonds. The summed E-state index contributed by atoms with van der Waals surface area (Å²) in [5.41, 5.74) is 1.16. The quantitative estimate of drug-likeness (QED) is 0.721. The van der Waals surface area contributed by atoms with E-state index in [1.165, 1.54) is 0 Å². The molecule has 3 rings (SSSR count). The Morgan fingerprint density at radius 2 is 1.96 bits per heavy atom. The molecule has 1 heterocycles. The number of hydrogen-bond acceptors (Lipinski definition) is 3. The Hall–Kier alpha value is -1.55. The predicted octanol–water partition coefficient (Wildman–Crippen LogP) is 4.59. The fourth-order valence-corrected chi connectivity index (χ4v) is 4.68. The highest BCUT2D eigenvalue weighted by Crippen LogP contribution is 2.40. The summed E-state index contributed by atoms with van der Waals surface area (Å²) in [5, 5.41) is 0.659. The van der Waals surface area contributed by atoms with Gasteiger partial charge in [0.2, 0.25) is 5.91 Å². The van der Waals surface area contributed by atoms with E-state index in [1.54, 1.807) is 17.0 Å². The topological polar surface area (TPSA) is 46.6 Å². The summed E-state index contributed by atoms with van der Waals surface area (Å²) in [6.07, 6.45) is 3.85. The monoisotopic (exact) mass is 377 g/mol. The number of nitrogens with zero attached hydrogens (tertiary/aromatic N) is 1. The zero-order valence-electron chi connectivity index (χ0n) is 15.8. The van der Waals surface area contributed by atoms with Crippen molar-refractivity contribution in [3.05, 3.63) is 34.9 Å². The van der Waals surface area contributed by atoms with E-state index in [0.717, 1.165) is 24.8 Å². The van der Waals surface area contributed by atoms with E-state index in [1.807, 2.05) is 12.1 Å². The molecule has 5 heteroatoms. The van der Waals surface area contributed by atoms with Crippen LogP contribution in [0.25, 0.3) is 0 Å². The van der Waals surface area contributed by atoms with Crippen LogP contribution in [0.1, 0.15) is 58.4 Å². The minimum absolute atomic E-state index is 0.0132. The van der Waals surface area contributed by atoms with Gasteiger partial charge in [0.25, 0.3) is 0 Å². The minimum Gasteiger partial charge on any atom is -0.461 e. The van der Waals surface area contributed by atoms with Crippen LogP contribution in [0.3, 0.4) is 0 Å². The molecule has 3 unspecified atom stereocenters. The molecule has 1 aliphatic carbocycles. The van der Waals surface area contributed by atoms with E-state index in [4.69, 9.17) is 16.3 Å². The van der Waals surface area contributed by atoms with Gasteiger partial charge in [-0.25, -0.2) is 4.79 Å². The van der Waals surface area contributed by atoms with Crippen LogP contribution in [-0.2, 0) is 20.9 Å². The first-order chi connectivity index (χ1) is 12.2. The third-order valence-corrected chi connectivity index (χ3v) is 5.75. The molecule has 2 aliphatic rings. The molecule has 0 radical (unpaired) electrons. The summed E-state index contributed by atoms with van der Waals surface area (Å²) >= 11 is 5.92. The number of carbonyl (C=O) groups excluding carboxylic acids is 2. The Kier molecular flexibility index (Phi) is 5.61. The second-order valence-electron chi connectivity index (χ2n) is 8.67. The Morgan fingerprint density at radius 3 is 2.62 bits per heavy atom. The van der Waals surface area contributed by atoms with Crippen molar-refractivity contribution in [2.75, 3.05) is 0 Å². The third-order valence-electron chi connectivity index (χ3n) is 5.50. The molecular weight excluding hydrogens is 350 g/mol. The molecule has 26 heavy (non-hydrogen) atoms. The smallest absolute Gasteiger partial charge is 0.329 e. The third kappa shape index (κ3) is 4.59. The molecule has 1 aromatic rings. The van der Waals surface area contributed by atoms with Crippen molar-refractivity contribution >= 4 is 23.5 Å². The van der Waals surface area contributed by atoms with E-state index < -0.39 is 6.04 Å². The van der Waals surface area contributed by atoms with Crippen LogP contribution in [-0.4, -0.2) is 28.9 Å². The zero-order chi connectivity index (χ0) is 18.9. The largest absolute Gasteiger partial charge is 0.461 e. The van der Waals surface area contributed by atoms with Gasteiger partial charge in [0.05, 0.1) is 0 Å². The number of ether oxygens (including phenoxy) is 1.